The summed E-state index contributed by atoms with van der Waals surface area (Å²) < 4.78 is 0. The Morgan fingerprint density at radius 2 is 1.95 bits per heavy atom. The molecule has 1 aromatic carbocycles. The minimum atomic E-state index is -0.508. The van der Waals surface area contributed by atoms with Crippen LogP contribution < -0.4 is 10.2 Å². The Balaban J connectivity index is 1.70. The maximum Gasteiger partial charge on any atom is 0.239 e. The van der Waals surface area contributed by atoms with E-state index in [1.807, 2.05) is 36.1 Å². The van der Waals surface area contributed by atoms with Crippen LogP contribution in [0.1, 0.15) is 18.9 Å². The Kier molecular flexibility index (Phi) is 4.16. The molecule has 2 aliphatic rings. The average Bonchev–Trinajstić information content (AvgIpc) is 2.89. The van der Waals surface area contributed by atoms with Gasteiger partial charge in [-0.25, -0.2) is 0 Å². The number of benzene rings is 1. The fourth-order valence-corrected chi connectivity index (χ4v) is 3.24. The van der Waals surface area contributed by atoms with Gasteiger partial charge in [0.15, 0.2) is 0 Å². The molecule has 2 heterocycles. The Hall–Kier alpha value is -1.88. The minimum Gasteiger partial charge on any atom is -0.339 e. The summed E-state index contributed by atoms with van der Waals surface area (Å²) in [7, 11) is 0. The van der Waals surface area contributed by atoms with Crippen molar-refractivity contribution < 1.29 is 9.59 Å². The van der Waals surface area contributed by atoms with Gasteiger partial charge < -0.3 is 15.1 Å². The summed E-state index contributed by atoms with van der Waals surface area (Å²) in [6.45, 7) is 6.89. The van der Waals surface area contributed by atoms with Crippen LogP contribution >= 0.6 is 0 Å². The highest BCUT2D eigenvalue weighted by molar-refractivity contribution is 6.09. The molecule has 0 aromatic heterocycles. The lowest BCUT2D eigenvalue weighted by Crippen LogP contribution is -2.53. The molecule has 0 saturated carbocycles. The van der Waals surface area contributed by atoms with Crippen LogP contribution in [0.4, 0.5) is 5.69 Å². The third-order valence-electron chi connectivity index (χ3n) is 4.53. The van der Waals surface area contributed by atoms with Crippen molar-refractivity contribution in [3.05, 3.63) is 29.8 Å². The van der Waals surface area contributed by atoms with Crippen LogP contribution in [0.3, 0.4) is 0 Å². The number of hydrogen-bond acceptors (Lipinski definition) is 3. The highest BCUT2D eigenvalue weighted by Crippen LogP contribution is 2.27. The molecular formula is C17H23N3O2. The molecule has 0 spiro atoms. The molecule has 2 aliphatic heterocycles. The first kappa shape index (κ1) is 15.0. The van der Waals surface area contributed by atoms with Crippen molar-refractivity contribution in [3.8, 4) is 0 Å². The Labute approximate surface area is 131 Å². The van der Waals surface area contributed by atoms with E-state index in [0.717, 1.165) is 17.8 Å². The first-order valence-corrected chi connectivity index (χ1v) is 7.96. The van der Waals surface area contributed by atoms with Gasteiger partial charge in [0.25, 0.3) is 0 Å². The SMILES string of the molecule is Cc1ccc(N2CC[C@H](C(=O)N3CCN[C@H](C)C3)C2=O)cc1. The molecule has 0 radical (unpaired) electrons. The number of amides is 2. The van der Waals surface area contributed by atoms with Gasteiger partial charge in [0.1, 0.15) is 5.92 Å². The molecule has 22 heavy (non-hydrogen) atoms. The van der Waals surface area contributed by atoms with E-state index < -0.39 is 5.92 Å². The lowest BCUT2D eigenvalue weighted by Gasteiger charge is -2.33. The molecule has 2 amide bonds. The van der Waals surface area contributed by atoms with E-state index in [4.69, 9.17) is 0 Å². The quantitative estimate of drug-likeness (QED) is 0.834. The molecule has 2 atom stereocenters. The van der Waals surface area contributed by atoms with E-state index in [-0.39, 0.29) is 11.8 Å². The number of hydrogen-bond donors (Lipinski definition) is 1. The molecule has 118 valence electrons. The monoisotopic (exact) mass is 301 g/mol. The molecule has 2 saturated heterocycles. The van der Waals surface area contributed by atoms with Gasteiger partial charge in [-0.2, -0.15) is 0 Å². The van der Waals surface area contributed by atoms with Crippen LogP contribution in [0.2, 0.25) is 0 Å². The van der Waals surface area contributed by atoms with Gasteiger partial charge in [-0.3, -0.25) is 9.59 Å². The van der Waals surface area contributed by atoms with Gasteiger partial charge >= 0.3 is 0 Å². The van der Waals surface area contributed by atoms with Crippen LogP contribution in [0.25, 0.3) is 0 Å². The number of carbonyl (C=O) groups is 2. The van der Waals surface area contributed by atoms with Gasteiger partial charge in [0.05, 0.1) is 0 Å². The number of nitrogens with zero attached hydrogens (tertiary/aromatic N) is 2. The number of rotatable bonds is 2. The molecule has 0 bridgehead atoms. The van der Waals surface area contributed by atoms with Crippen LogP contribution in [-0.4, -0.2) is 48.9 Å². The van der Waals surface area contributed by atoms with Crippen molar-refractivity contribution in [2.45, 2.75) is 26.3 Å². The van der Waals surface area contributed by atoms with Crippen molar-refractivity contribution in [2.75, 3.05) is 31.1 Å². The normalized spacial score (nSPS) is 25.6. The van der Waals surface area contributed by atoms with Gasteiger partial charge in [0.2, 0.25) is 11.8 Å². The van der Waals surface area contributed by atoms with Crippen LogP contribution in [0.15, 0.2) is 24.3 Å². The maximum absolute atomic E-state index is 12.6. The Morgan fingerprint density at radius 3 is 2.64 bits per heavy atom. The second-order valence-corrected chi connectivity index (χ2v) is 6.31. The zero-order chi connectivity index (χ0) is 15.7. The smallest absolute Gasteiger partial charge is 0.239 e. The fourth-order valence-electron chi connectivity index (χ4n) is 3.24. The summed E-state index contributed by atoms with van der Waals surface area (Å²) in [5.74, 6) is -0.570. The Morgan fingerprint density at radius 1 is 1.23 bits per heavy atom. The molecule has 0 aliphatic carbocycles. The van der Waals surface area contributed by atoms with Crippen molar-refractivity contribution in [2.24, 2.45) is 5.92 Å². The first-order valence-electron chi connectivity index (χ1n) is 7.96. The highest BCUT2D eigenvalue weighted by atomic mass is 16.2. The summed E-state index contributed by atoms with van der Waals surface area (Å²) >= 11 is 0. The van der Waals surface area contributed by atoms with Gasteiger partial charge in [-0.1, -0.05) is 17.7 Å². The second-order valence-electron chi connectivity index (χ2n) is 6.31. The van der Waals surface area contributed by atoms with E-state index in [0.29, 0.717) is 32.1 Å². The van der Waals surface area contributed by atoms with Crippen molar-refractivity contribution in [1.29, 1.82) is 0 Å². The first-order chi connectivity index (χ1) is 10.6. The average molecular weight is 301 g/mol. The van der Waals surface area contributed by atoms with Gasteiger partial charge in [-0.15, -0.1) is 0 Å². The second kappa shape index (κ2) is 6.08. The van der Waals surface area contributed by atoms with Crippen molar-refractivity contribution >= 4 is 17.5 Å². The largest absolute Gasteiger partial charge is 0.339 e. The highest BCUT2D eigenvalue weighted by Gasteiger charge is 2.40. The number of carbonyl (C=O) groups excluding carboxylic acids is 2. The molecule has 2 fully saturated rings. The summed E-state index contributed by atoms with van der Waals surface area (Å²) in [6.07, 6.45) is 0.615. The molecule has 3 rings (SSSR count). The lowest BCUT2D eigenvalue weighted by atomic mass is 10.1. The molecule has 0 unspecified atom stereocenters. The van der Waals surface area contributed by atoms with E-state index in [1.54, 1.807) is 4.90 Å². The Bertz CT molecular complexity index is 570. The molecule has 5 heteroatoms. The lowest BCUT2D eigenvalue weighted by molar-refractivity contribution is -0.140. The fraction of sp³-hybridized carbons (Fsp3) is 0.529. The zero-order valence-electron chi connectivity index (χ0n) is 13.2. The number of nitrogens with one attached hydrogen (secondary N) is 1. The standard InChI is InChI=1S/C17H23N3O2/c1-12-3-5-14(6-4-12)20-9-7-15(17(20)22)16(21)19-10-8-18-13(2)11-19/h3-6,13,15,18H,7-11H2,1-2H3/t13-,15-/m1/s1. The third-order valence-corrected chi connectivity index (χ3v) is 4.53. The predicted molar refractivity (Wildman–Crippen MR) is 85.7 cm³/mol. The predicted octanol–water partition coefficient (Wildman–Crippen LogP) is 1.17. The van der Waals surface area contributed by atoms with Crippen LogP contribution in [-0.2, 0) is 9.59 Å². The van der Waals surface area contributed by atoms with Crippen molar-refractivity contribution in [1.82, 2.24) is 10.2 Å². The van der Waals surface area contributed by atoms with Crippen LogP contribution in [0.5, 0.6) is 0 Å². The number of piperazine rings is 1. The van der Waals surface area contributed by atoms with Crippen molar-refractivity contribution in [3.63, 3.8) is 0 Å². The molecule has 1 N–H and O–H groups in total. The van der Waals surface area contributed by atoms with Gasteiger partial charge in [-0.05, 0) is 32.4 Å². The van der Waals surface area contributed by atoms with E-state index in [2.05, 4.69) is 12.2 Å². The topological polar surface area (TPSA) is 52.7 Å². The van der Waals surface area contributed by atoms with E-state index >= 15 is 0 Å². The minimum absolute atomic E-state index is 0.00652. The molecule has 1 aromatic rings. The molecule has 5 nitrogen and oxygen atoms in total. The maximum atomic E-state index is 12.6. The van der Waals surface area contributed by atoms with Crippen LogP contribution in [0, 0.1) is 12.8 Å². The summed E-state index contributed by atoms with van der Waals surface area (Å²) in [5, 5.41) is 3.32. The summed E-state index contributed by atoms with van der Waals surface area (Å²) in [5.41, 5.74) is 2.05. The summed E-state index contributed by atoms with van der Waals surface area (Å²) in [4.78, 5) is 28.8. The third kappa shape index (κ3) is 2.86. The zero-order valence-corrected chi connectivity index (χ0v) is 13.2. The van der Waals surface area contributed by atoms with E-state index in [9.17, 15) is 9.59 Å². The molecular weight excluding hydrogens is 278 g/mol. The van der Waals surface area contributed by atoms with Gasteiger partial charge in [0, 0.05) is 37.9 Å². The van der Waals surface area contributed by atoms with E-state index in [1.165, 1.54) is 0 Å². The number of aryl methyl sites for hydroxylation is 1. The summed E-state index contributed by atoms with van der Waals surface area (Å²) in [6, 6.07) is 8.19. The number of anilines is 1.